The zero-order valence-corrected chi connectivity index (χ0v) is 11.1. The van der Waals surface area contributed by atoms with E-state index >= 15 is 0 Å². The summed E-state index contributed by atoms with van der Waals surface area (Å²) >= 11 is 16.7. The summed E-state index contributed by atoms with van der Waals surface area (Å²) in [6, 6.07) is 0. The summed E-state index contributed by atoms with van der Waals surface area (Å²) in [4.78, 5) is 13.4. The molecule has 1 fully saturated rings. The highest BCUT2D eigenvalue weighted by Crippen LogP contribution is 2.29. The molecule has 0 radical (unpaired) electrons. The number of hydrogen-bond donors (Lipinski definition) is 1. The van der Waals surface area contributed by atoms with Crippen LogP contribution in [0.4, 0.5) is 0 Å². The lowest BCUT2D eigenvalue weighted by molar-refractivity contribution is -0.130. The van der Waals surface area contributed by atoms with E-state index in [1.54, 1.807) is 4.90 Å². The van der Waals surface area contributed by atoms with Crippen LogP contribution < -0.4 is 5.32 Å². The Bertz CT molecular complexity index is 250. The predicted molar refractivity (Wildman–Crippen MR) is 63.6 cm³/mol. The van der Waals surface area contributed by atoms with Gasteiger partial charge in [-0.15, -0.1) is 0 Å². The third-order valence-corrected chi connectivity index (χ3v) is 2.81. The molecule has 15 heavy (non-hydrogen) atoms. The third kappa shape index (κ3) is 3.99. The van der Waals surface area contributed by atoms with E-state index in [1.807, 2.05) is 13.8 Å². The summed E-state index contributed by atoms with van der Waals surface area (Å²) in [6.07, 6.45) is 0.871. The number of carbonyl (C=O) groups excluding carboxylic acids is 1. The van der Waals surface area contributed by atoms with E-state index in [0.29, 0.717) is 13.1 Å². The molecule has 0 bridgehead atoms. The molecule has 88 valence electrons. The van der Waals surface area contributed by atoms with Gasteiger partial charge in [0.05, 0.1) is 0 Å². The number of nitrogens with zero attached hydrogens (tertiary/aromatic N) is 1. The molecule has 0 aromatic carbocycles. The first kappa shape index (κ1) is 13.4. The maximum atomic E-state index is 11.8. The number of nitrogens with one attached hydrogen (secondary N) is 1. The molecule has 1 amide bonds. The molecule has 0 spiro atoms. The van der Waals surface area contributed by atoms with Crippen molar-refractivity contribution >= 4 is 40.7 Å². The molecule has 0 aliphatic carbocycles. The number of alkyl halides is 3. The molecule has 0 aromatic rings. The molecule has 0 saturated carbocycles. The summed E-state index contributed by atoms with van der Waals surface area (Å²) in [5.41, 5.74) is -0.137. The SMILES string of the molecule is CC1(C)CN(C(=O)C(Cl)(Cl)Cl)CCCN1. The van der Waals surface area contributed by atoms with Crippen LogP contribution in [0.2, 0.25) is 0 Å². The van der Waals surface area contributed by atoms with Crippen LogP contribution >= 0.6 is 34.8 Å². The highest BCUT2D eigenvalue weighted by molar-refractivity contribution is 6.76. The minimum Gasteiger partial charge on any atom is -0.337 e. The molecule has 6 heteroatoms. The van der Waals surface area contributed by atoms with Gasteiger partial charge < -0.3 is 10.2 Å². The molecule has 1 heterocycles. The van der Waals surface area contributed by atoms with E-state index in [1.165, 1.54) is 0 Å². The van der Waals surface area contributed by atoms with Gasteiger partial charge in [0.2, 0.25) is 0 Å². The van der Waals surface area contributed by atoms with Gasteiger partial charge in [0.1, 0.15) is 0 Å². The molecule has 1 rings (SSSR count). The highest BCUT2D eigenvalue weighted by Gasteiger charge is 2.37. The summed E-state index contributed by atoms with van der Waals surface area (Å²) < 4.78 is -1.85. The van der Waals surface area contributed by atoms with Gasteiger partial charge in [0, 0.05) is 18.6 Å². The number of carbonyl (C=O) groups is 1. The van der Waals surface area contributed by atoms with Crippen LogP contribution in [0.1, 0.15) is 20.3 Å². The average molecular weight is 274 g/mol. The number of hydrogen-bond acceptors (Lipinski definition) is 2. The van der Waals surface area contributed by atoms with Crippen molar-refractivity contribution in [1.82, 2.24) is 10.2 Å². The Morgan fingerprint density at radius 3 is 2.53 bits per heavy atom. The van der Waals surface area contributed by atoms with Gasteiger partial charge in [-0.25, -0.2) is 0 Å². The van der Waals surface area contributed by atoms with Crippen LogP contribution in [0.3, 0.4) is 0 Å². The lowest BCUT2D eigenvalue weighted by Crippen LogP contribution is -2.50. The van der Waals surface area contributed by atoms with E-state index in [-0.39, 0.29) is 5.54 Å². The quantitative estimate of drug-likeness (QED) is 0.684. The van der Waals surface area contributed by atoms with Crippen molar-refractivity contribution in [2.75, 3.05) is 19.6 Å². The van der Waals surface area contributed by atoms with Crippen LogP contribution in [0.25, 0.3) is 0 Å². The Labute approximate surface area is 105 Å². The lowest BCUT2D eigenvalue weighted by Gasteiger charge is -2.31. The fraction of sp³-hybridized carbons (Fsp3) is 0.889. The van der Waals surface area contributed by atoms with Crippen molar-refractivity contribution in [1.29, 1.82) is 0 Å². The molecule has 1 aliphatic heterocycles. The van der Waals surface area contributed by atoms with Gasteiger partial charge in [-0.1, -0.05) is 34.8 Å². The van der Waals surface area contributed by atoms with Crippen LogP contribution in [0, 0.1) is 0 Å². The van der Waals surface area contributed by atoms with Crippen LogP contribution in [-0.4, -0.2) is 39.8 Å². The van der Waals surface area contributed by atoms with Gasteiger partial charge in [0.15, 0.2) is 0 Å². The molecule has 0 unspecified atom stereocenters. The second kappa shape index (κ2) is 4.66. The maximum absolute atomic E-state index is 11.8. The number of amides is 1. The Morgan fingerprint density at radius 1 is 1.40 bits per heavy atom. The normalized spacial score (nSPS) is 22.3. The van der Waals surface area contributed by atoms with E-state index in [2.05, 4.69) is 5.32 Å². The fourth-order valence-electron chi connectivity index (χ4n) is 1.66. The third-order valence-electron chi connectivity index (χ3n) is 2.32. The zero-order chi connectivity index (χ0) is 11.7. The van der Waals surface area contributed by atoms with Crippen molar-refractivity contribution in [2.24, 2.45) is 0 Å². The standard InChI is InChI=1S/C9H15Cl3N2O/c1-8(2)6-14(5-3-4-13-8)7(15)9(10,11)12/h13H,3-6H2,1-2H3. The van der Waals surface area contributed by atoms with Crippen molar-refractivity contribution in [3.63, 3.8) is 0 Å². The monoisotopic (exact) mass is 272 g/mol. The van der Waals surface area contributed by atoms with Gasteiger partial charge in [-0.2, -0.15) is 0 Å². The molecule has 0 atom stereocenters. The molecule has 1 saturated heterocycles. The van der Waals surface area contributed by atoms with Crippen molar-refractivity contribution in [3.05, 3.63) is 0 Å². The predicted octanol–water partition coefficient (Wildman–Crippen LogP) is 1.96. The van der Waals surface area contributed by atoms with Crippen LogP contribution in [0.5, 0.6) is 0 Å². The minimum atomic E-state index is -1.85. The summed E-state index contributed by atoms with van der Waals surface area (Å²) in [5.74, 6) is -0.440. The molecule has 1 aliphatic rings. The first-order valence-corrected chi connectivity index (χ1v) is 5.97. The van der Waals surface area contributed by atoms with Gasteiger partial charge >= 0.3 is 0 Å². The molecule has 3 nitrogen and oxygen atoms in total. The number of rotatable bonds is 0. The van der Waals surface area contributed by atoms with Crippen molar-refractivity contribution in [2.45, 2.75) is 29.6 Å². The maximum Gasteiger partial charge on any atom is 0.274 e. The molecule has 0 aromatic heterocycles. The summed E-state index contributed by atoms with van der Waals surface area (Å²) in [6.45, 7) is 6.10. The largest absolute Gasteiger partial charge is 0.337 e. The summed E-state index contributed by atoms with van der Waals surface area (Å²) in [5, 5.41) is 3.33. The van der Waals surface area contributed by atoms with Crippen LogP contribution in [0.15, 0.2) is 0 Å². The minimum absolute atomic E-state index is 0.137. The van der Waals surface area contributed by atoms with E-state index < -0.39 is 9.70 Å². The smallest absolute Gasteiger partial charge is 0.274 e. The first-order chi connectivity index (χ1) is 6.72. The first-order valence-electron chi connectivity index (χ1n) is 4.83. The molecular formula is C9H15Cl3N2O. The van der Waals surface area contributed by atoms with Crippen LogP contribution in [-0.2, 0) is 4.79 Å². The lowest BCUT2D eigenvalue weighted by atomic mass is 10.1. The summed E-state index contributed by atoms with van der Waals surface area (Å²) in [7, 11) is 0. The Morgan fingerprint density at radius 2 is 2.00 bits per heavy atom. The van der Waals surface area contributed by atoms with Crippen molar-refractivity contribution in [3.8, 4) is 0 Å². The van der Waals surface area contributed by atoms with Gasteiger partial charge in [-0.05, 0) is 26.8 Å². The topological polar surface area (TPSA) is 32.3 Å². The van der Waals surface area contributed by atoms with Gasteiger partial charge in [-0.3, -0.25) is 4.79 Å². The average Bonchev–Trinajstić information content (AvgIpc) is 2.23. The zero-order valence-electron chi connectivity index (χ0n) is 8.82. The fourth-order valence-corrected chi connectivity index (χ4v) is 2.02. The second-order valence-electron chi connectivity index (χ2n) is 4.39. The van der Waals surface area contributed by atoms with E-state index in [0.717, 1.165) is 13.0 Å². The number of halogens is 3. The van der Waals surface area contributed by atoms with E-state index in [9.17, 15) is 4.79 Å². The molecule has 1 N–H and O–H groups in total. The highest BCUT2D eigenvalue weighted by atomic mass is 35.6. The Hall–Kier alpha value is 0.300. The Balaban J connectivity index is 2.73. The van der Waals surface area contributed by atoms with Crippen molar-refractivity contribution < 1.29 is 4.79 Å². The molecular weight excluding hydrogens is 258 g/mol. The second-order valence-corrected chi connectivity index (χ2v) is 6.67. The van der Waals surface area contributed by atoms with E-state index in [4.69, 9.17) is 34.8 Å². The Kier molecular flexibility index (Phi) is 4.15. The van der Waals surface area contributed by atoms with Gasteiger partial charge in [0.25, 0.3) is 9.70 Å².